The molecule has 0 N–H and O–H groups in total. The normalized spacial score (nSPS) is 26.7. The second kappa shape index (κ2) is 8.92. The second-order valence-electron chi connectivity index (χ2n) is 9.32. The lowest BCUT2D eigenvalue weighted by molar-refractivity contribution is -0.122. The molecule has 0 aliphatic heterocycles. The first-order valence-electron chi connectivity index (χ1n) is 10.9. The van der Waals surface area contributed by atoms with E-state index < -0.39 is 32.9 Å². The molecule has 2 saturated carbocycles. The van der Waals surface area contributed by atoms with E-state index in [1.807, 2.05) is 20.8 Å². The summed E-state index contributed by atoms with van der Waals surface area (Å²) in [7, 11) is 0. The van der Waals surface area contributed by atoms with E-state index in [1.54, 1.807) is 12.2 Å². The second-order valence-corrected chi connectivity index (χ2v) is 10.8. The summed E-state index contributed by atoms with van der Waals surface area (Å²) < 4.78 is 6.55. The van der Waals surface area contributed by atoms with Gasteiger partial charge in [-0.05, 0) is 37.5 Å². The average molecular weight is 485 g/mol. The number of aromatic nitrogens is 2. The predicted octanol–water partition coefficient (Wildman–Crippen LogP) is 4.26. The average Bonchev–Trinajstić information content (AvgIpc) is 3.30. The van der Waals surface area contributed by atoms with E-state index in [0.717, 1.165) is 15.6 Å². The van der Waals surface area contributed by atoms with Crippen molar-refractivity contribution < 1.29 is 19.1 Å². The summed E-state index contributed by atoms with van der Waals surface area (Å²) in [6.45, 7) is 7.24. The number of ketones is 1. The fraction of sp³-hybridized carbons (Fsp3) is 0.652. The number of imidazole rings is 1. The number of nitrogens with zero attached hydrogens (tertiary/aromatic N) is 2. The Bertz CT molecular complexity index is 1010. The van der Waals surface area contributed by atoms with Gasteiger partial charge in [0.1, 0.15) is 0 Å². The lowest BCUT2D eigenvalue weighted by Crippen LogP contribution is -2.51. The minimum Gasteiger partial charge on any atom is -0.377 e. The topological polar surface area (TPSA) is 87.4 Å². The Morgan fingerprint density at radius 3 is 2.47 bits per heavy atom. The van der Waals surface area contributed by atoms with E-state index in [-0.39, 0.29) is 37.1 Å². The lowest BCUT2D eigenvalue weighted by atomic mass is 9.67. The molecular weight excluding hydrogens is 455 g/mol. The van der Waals surface area contributed by atoms with Gasteiger partial charge in [0, 0.05) is 32.2 Å². The number of rotatable bonds is 8. The highest BCUT2D eigenvalue weighted by Crippen LogP contribution is 2.67. The third-order valence-electron chi connectivity index (χ3n) is 7.49. The summed E-state index contributed by atoms with van der Waals surface area (Å²) in [6.07, 6.45) is 8.06. The molecule has 0 aromatic carbocycles. The molecule has 7 nitrogen and oxygen atoms in total. The first kappa shape index (κ1) is 24.9. The quantitative estimate of drug-likeness (QED) is 0.406. The van der Waals surface area contributed by atoms with E-state index in [9.17, 15) is 19.2 Å². The van der Waals surface area contributed by atoms with Gasteiger partial charge in [-0.25, -0.2) is 13.9 Å². The smallest absolute Gasteiger partial charge is 0.341 e. The summed E-state index contributed by atoms with van der Waals surface area (Å²) in [6, 6.07) is 0. The summed E-state index contributed by atoms with van der Waals surface area (Å²) in [5.74, 6) is -0.895. The standard InChI is InChI=1S/C23H30Cl2N2O5/c1-5-6-9-23(24,25)17(29)8-13-32-18-14-16-7-10-22(18,21(16,3)4)19(30)27-12-11-26(15(2)28)20(27)31/h5-6,11-12,16,18H,7-10,13-14H2,1-4H3/b6-5+/t16?,18-,22-/m1/s1. The number of halogens is 2. The van der Waals surface area contributed by atoms with Crippen molar-refractivity contribution in [2.24, 2.45) is 16.7 Å². The maximum absolute atomic E-state index is 13.7. The minimum absolute atomic E-state index is 0.0249. The van der Waals surface area contributed by atoms with Gasteiger partial charge in [0.25, 0.3) is 0 Å². The van der Waals surface area contributed by atoms with Crippen LogP contribution in [0.15, 0.2) is 29.3 Å². The van der Waals surface area contributed by atoms with Crippen LogP contribution in [0.5, 0.6) is 0 Å². The predicted molar refractivity (Wildman–Crippen MR) is 122 cm³/mol. The number of hydrogen-bond donors (Lipinski definition) is 0. The van der Waals surface area contributed by atoms with Crippen molar-refractivity contribution in [1.29, 1.82) is 0 Å². The monoisotopic (exact) mass is 484 g/mol. The molecule has 0 spiro atoms. The third-order valence-corrected chi connectivity index (χ3v) is 8.22. The molecule has 2 aliphatic rings. The maximum atomic E-state index is 13.7. The van der Waals surface area contributed by atoms with Crippen molar-refractivity contribution in [2.45, 2.75) is 70.2 Å². The number of alkyl halides is 2. The number of carbonyl (C=O) groups is 3. The van der Waals surface area contributed by atoms with Crippen LogP contribution in [0.4, 0.5) is 0 Å². The fourth-order valence-electron chi connectivity index (χ4n) is 5.47. The molecule has 2 bridgehead atoms. The van der Waals surface area contributed by atoms with Crippen LogP contribution in [0.25, 0.3) is 0 Å². The van der Waals surface area contributed by atoms with Gasteiger partial charge in [-0.15, -0.1) is 0 Å². The van der Waals surface area contributed by atoms with Crippen molar-refractivity contribution in [3.8, 4) is 0 Å². The van der Waals surface area contributed by atoms with Crippen molar-refractivity contribution in [1.82, 2.24) is 9.13 Å². The molecule has 1 aromatic rings. The fourth-order valence-corrected chi connectivity index (χ4v) is 5.84. The molecule has 1 unspecified atom stereocenters. The van der Waals surface area contributed by atoms with E-state index in [2.05, 4.69) is 0 Å². The molecule has 176 valence electrons. The Balaban J connectivity index is 1.80. The number of ether oxygens (including phenoxy) is 1. The van der Waals surface area contributed by atoms with Gasteiger partial charge in [0.05, 0.1) is 18.1 Å². The molecule has 3 rings (SSSR count). The first-order chi connectivity index (χ1) is 14.9. The Labute approximate surface area is 197 Å². The molecule has 9 heteroatoms. The van der Waals surface area contributed by atoms with Crippen LogP contribution < -0.4 is 5.69 Å². The largest absolute Gasteiger partial charge is 0.377 e. The molecule has 0 amide bonds. The molecule has 1 aromatic heterocycles. The SMILES string of the molecule is C/C=C/CC(Cl)(Cl)C(=O)CCO[C@@H]1CC2CC[C@@]1(C(=O)n1ccn(C(C)=O)c1=O)C2(C)C. The summed E-state index contributed by atoms with van der Waals surface area (Å²) in [5.41, 5.74) is -1.99. The van der Waals surface area contributed by atoms with Crippen LogP contribution in [-0.4, -0.2) is 43.8 Å². The number of allylic oxidation sites excluding steroid dienone is 2. The van der Waals surface area contributed by atoms with E-state index in [1.165, 1.54) is 19.3 Å². The van der Waals surface area contributed by atoms with Crippen LogP contribution in [0.2, 0.25) is 0 Å². The molecule has 0 radical (unpaired) electrons. The Morgan fingerprint density at radius 1 is 1.25 bits per heavy atom. The van der Waals surface area contributed by atoms with Crippen LogP contribution in [-0.2, 0) is 9.53 Å². The van der Waals surface area contributed by atoms with E-state index in [4.69, 9.17) is 27.9 Å². The van der Waals surface area contributed by atoms with Gasteiger partial charge in [0.2, 0.25) is 11.8 Å². The number of Topliss-reactive ketones (excluding diaryl/α,β-unsaturated/α-hetero) is 1. The Morgan fingerprint density at radius 2 is 1.91 bits per heavy atom. The molecule has 32 heavy (non-hydrogen) atoms. The van der Waals surface area contributed by atoms with Crippen molar-refractivity contribution in [3.63, 3.8) is 0 Å². The zero-order valence-electron chi connectivity index (χ0n) is 18.9. The molecule has 2 aliphatic carbocycles. The van der Waals surface area contributed by atoms with Gasteiger partial charge in [-0.1, -0.05) is 49.2 Å². The molecule has 1 heterocycles. The molecule has 2 fully saturated rings. The van der Waals surface area contributed by atoms with Crippen LogP contribution >= 0.6 is 23.2 Å². The maximum Gasteiger partial charge on any atom is 0.341 e. The molecule has 0 saturated heterocycles. The van der Waals surface area contributed by atoms with E-state index >= 15 is 0 Å². The zero-order chi connectivity index (χ0) is 23.9. The van der Waals surface area contributed by atoms with Crippen LogP contribution in [0.3, 0.4) is 0 Å². The van der Waals surface area contributed by atoms with Gasteiger partial charge in [-0.2, -0.15) is 0 Å². The van der Waals surface area contributed by atoms with Gasteiger partial charge >= 0.3 is 5.69 Å². The first-order valence-corrected chi connectivity index (χ1v) is 11.7. The summed E-state index contributed by atoms with van der Waals surface area (Å²) in [4.78, 5) is 50.5. The Hall–Kier alpha value is -1.70. The molecular formula is C23H30Cl2N2O5. The third kappa shape index (κ3) is 3.93. The van der Waals surface area contributed by atoms with Crippen LogP contribution in [0, 0.1) is 16.7 Å². The number of fused-ring (bicyclic) bond motifs is 2. The molecule has 3 atom stereocenters. The van der Waals surface area contributed by atoms with Crippen LogP contribution in [0.1, 0.15) is 69.4 Å². The zero-order valence-corrected chi connectivity index (χ0v) is 20.4. The Kier molecular flexibility index (Phi) is 6.95. The van der Waals surface area contributed by atoms with Gasteiger partial charge < -0.3 is 4.74 Å². The lowest BCUT2D eigenvalue weighted by Gasteiger charge is -2.40. The van der Waals surface area contributed by atoms with Crippen molar-refractivity contribution in [2.75, 3.05) is 6.61 Å². The van der Waals surface area contributed by atoms with Gasteiger partial charge in [0.15, 0.2) is 10.1 Å². The van der Waals surface area contributed by atoms with Crippen molar-refractivity contribution in [3.05, 3.63) is 35.0 Å². The summed E-state index contributed by atoms with van der Waals surface area (Å²) in [5, 5.41) is 0. The number of hydrogen-bond acceptors (Lipinski definition) is 5. The minimum atomic E-state index is -1.51. The van der Waals surface area contributed by atoms with E-state index in [0.29, 0.717) is 12.8 Å². The number of carbonyl (C=O) groups excluding carboxylic acids is 3. The van der Waals surface area contributed by atoms with Crippen molar-refractivity contribution >= 4 is 40.8 Å². The van der Waals surface area contributed by atoms with Gasteiger partial charge in [-0.3, -0.25) is 14.4 Å². The highest BCUT2D eigenvalue weighted by molar-refractivity contribution is 6.58. The summed E-state index contributed by atoms with van der Waals surface area (Å²) >= 11 is 12.3. The highest BCUT2D eigenvalue weighted by atomic mass is 35.5. The highest BCUT2D eigenvalue weighted by Gasteiger charge is 2.69.